The fraction of sp³-hybridized carbons (Fsp3) is 0.235. The topological polar surface area (TPSA) is 86.0 Å². The van der Waals surface area contributed by atoms with Crippen LogP contribution >= 0.6 is 0 Å². The highest BCUT2D eigenvalue weighted by molar-refractivity contribution is 5.81. The Morgan fingerprint density at radius 1 is 1.08 bits per heavy atom. The van der Waals surface area contributed by atoms with Gasteiger partial charge in [-0.1, -0.05) is 0 Å². The maximum absolute atomic E-state index is 10.6. The molecule has 0 saturated carbocycles. The van der Waals surface area contributed by atoms with Gasteiger partial charge in [0.15, 0.2) is 11.5 Å². The normalized spacial score (nSPS) is 10.6. The molecule has 0 aromatic heterocycles. The number of ether oxygens (including phenoxy) is 2. The molecule has 7 heteroatoms. The molecule has 0 heterocycles. The number of nitrogens with one attached hydrogen (secondary N) is 1. The van der Waals surface area contributed by atoms with E-state index >= 15 is 0 Å². The average Bonchev–Trinajstić information content (AvgIpc) is 2.58. The van der Waals surface area contributed by atoms with Crippen LogP contribution in [0.3, 0.4) is 0 Å². The van der Waals surface area contributed by atoms with Crippen molar-refractivity contribution in [2.45, 2.75) is 13.8 Å². The van der Waals surface area contributed by atoms with Crippen LogP contribution in [0.5, 0.6) is 11.5 Å². The van der Waals surface area contributed by atoms with E-state index in [4.69, 9.17) is 9.47 Å². The molecule has 2 aromatic carbocycles. The Morgan fingerprint density at radius 2 is 1.75 bits per heavy atom. The summed E-state index contributed by atoms with van der Waals surface area (Å²) in [4.78, 5) is 10.2. The Labute approximate surface area is 140 Å². The van der Waals surface area contributed by atoms with Crippen LogP contribution in [0.25, 0.3) is 0 Å². The third kappa shape index (κ3) is 4.70. The number of hydrogen-bond acceptors (Lipinski definition) is 6. The van der Waals surface area contributed by atoms with Crippen molar-refractivity contribution < 1.29 is 14.4 Å². The summed E-state index contributed by atoms with van der Waals surface area (Å²) in [6.45, 7) is 4.93. The van der Waals surface area contributed by atoms with Crippen LogP contribution in [0, 0.1) is 10.1 Å². The molecule has 0 radical (unpaired) electrons. The smallest absolute Gasteiger partial charge is 0.269 e. The molecule has 0 amide bonds. The van der Waals surface area contributed by atoms with E-state index in [1.54, 1.807) is 18.3 Å². The minimum absolute atomic E-state index is 0.0393. The molecule has 2 aromatic rings. The Kier molecular flexibility index (Phi) is 6.13. The van der Waals surface area contributed by atoms with Gasteiger partial charge in [0.25, 0.3) is 5.69 Å². The van der Waals surface area contributed by atoms with Gasteiger partial charge in [0.05, 0.1) is 30.0 Å². The first kappa shape index (κ1) is 17.3. The van der Waals surface area contributed by atoms with Crippen molar-refractivity contribution in [3.63, 3.8) is 0 Å². The van der Waals surface area contributed by atoms with Gasteiger partial charge in [0, 0.05) is 12.1 Å². The SMILES string of the molecule is CCOc1ccc(/C=N/Nc2ccc([N+](=O)[O-])cc2)cc1OCC. The fourth-order valence-electron chi connectivity index (χ4n) is 1.99. The van der Waals surface area contributed by atoms with Gasteiger partial charge in [-0.3, -0.25) is 15.5 Å². The van der Waals surface area contributed by atoms with E-state index in [1.807, 2.05) is 32.0 Å². The molecule has 0 aliphatic heterocycles. The van der Waals surface area contributed by atoms with E-state index in [1.165, 1.54) is 12.1 Å². The number of benzene rings is 2. The molecule has 0 atom stereocenters. The first-order chi connectivity index (χ1) is 11.6. The molecule has 0 bridgehead atoms. The molecule has 0 fully saturated rings. The monoisotopic (exact) mass is 329 g/mol. The number of hydrazone groups is 1. The van der Waals surface area contributed by atoms with Crippen LogP contribution in [0.15, 0.2) is 47.6 Å². The molecule has 0 unspecified atom stereocenters. The van der Waals surface area contributed by atoms with E-state index in [-0.39, 0.29) is 5.69 Å². The molecule has 0 spiro atoms. The van der Waals surface area contributed by atoms with Crippen molar-refractivity contribution in [1.29, 1.82) is 0 Å². The molecular weight excluding hydrogens is 310 g/mol. The van der Waals surface area contributed by atoms with Crippen LogP contribution in [-0.4, -0.2) is 24.4 Å². The minimum Gasteiger partial charge on any atom is -0.490 e. The molecule has 2 rings (SSSR count). The number of anilines is 1. The number of rotatable bonds is 8. The second-order valence-corrected chi connectivity index (χ2v) is 4.75. The Balaban J connectivity index is 2.05. The third-order valence-corrected chi connectivity index (χ3v) is 3.05. The Hall–Kier alpha value is -3.09. The van der Waals surface area contributed by atoms with Crippen molar-refractivity contribution >= 4 is 17.6 Å². The summed E-state index contributed by atoms with van der Waals surface area (Å²) in [5, 5.41) is 14.7. The van der Waals surface area contributed by atoms with Crippen LogP contribution in [0.1, 0.15) is 19.4 Å². The van der Waals surface area contributed by atoms with Gasteiger partial charge in [-0.15, -0.1) is 0 Å². The lowest BCUT2D eigenvalue weighted by atomic mass is 10.2. The van der Waals surface area contributed by atoms with Gasteiger partial charge in [-0.25, -0.2) is 0 Å². The maximum atomic E-state index is 10.6. The first-order valence-corrected chi connectivity index (χ1v) is 7.57. The highest BCUT2D eigenvalue weighted by Crippen LogP contribution is 2.28. The average molecular weight is 329 g/mol. The number of nitrogens with zero attached hydrogens (tertiary/aromatic N) is 2. The Morgan fingerprint density at radius 3 is 2.38 bits per heavy atom. The van der Waals surface area contributed by atoms with E-state index < -0.39 is 4.92 Å². The molecule has 24 heavy (non-hydrogen) atoms. The summed E-state index contributed by atoms with van der Waals surface area (Å²) in [6.07, 6.45) is 1.64. The van der Waals surface area contributed by atoms with E-state index in [2.05, 4.69) is 10.5 Å². The van der Waals surface area contributed by atoms with E-state index in [9.17, 15) is 10.1 Å². The summed E-state index contributed by atoms with van der Waals surface area (Å²) < 4.78 is 11.1. The number of nitro benzene ring substituents is 1. The summed E-state index contributed by atoms with van der Waals surface area (Å²) in [5.41, 5.74) is 4.37. The molecule has 0 aliphatic carbocycles. The van der Waals surface area contributed by atoms with Gasteiger partial charge in [-0.05, 0) is 49.7 Å². The summed E-state index contributed by atoms with van der Waals surface area (Å²) in [7, 11) is 0. The second kappa shape index (κ2) is 8.52. The van der Waals surface area contributed by atoms with Crippen LogP contribution < -0.4 is 14.9 Å². The molecule has 1 N–H and O–H groups in total. The lowest BCUT2D eigenvalue weighted by Gasteiger charge is -2.11. The summed E-state index contributed by atoms with van der Waals surface area (Å²) in [5.74, 6) is 1.36. The zero-order valence-electron chi connectivity index (χ0n) is 13.6. The second-order valence-electron chi connectivity index (χ2n) is 4.75. The molecule has 0 saturated heterocycles. The maximum Gasteiger partial charge on any atom is 0.269 e. The lowest BCUT2D eigenvalue weighted by Crippen LogP contribution is -1.99. The van der Waals surface area contributed by atoms with Crippen molar-refractivity contribution in [3.8, 4) is 11.5 Å². The largest absolute Gasteiger partial charge is 0.490 e. The zero-order chi connectivity index (χ0) is 17.4. The summed E-state index contributed by atoms with van der Waals surface area (Å²) >= 11 is 0. The molecule has 7 nitrogen and oxygen atoms in total. The van der Waals surface area contributed by atoms with Crippen molar-refractivity contribution in [1.82, 2.24) is 0 Å². The van der Waals surface area contributed by atoms with Crippen molar-refractivity contribution in [2.75, 3.05) is 18.6 Å². The Bertz CT molecular complexity index is 714. The van der Waals surface area contributed by atoms with Gasteiger partial charge in [-0.2, -0.15) is 5.10 Å². The number of non-ortho nitro benzene ring substituents is 1. The minimum atomic E-state index is -0.442. The van der Waals surface area contributed by atoms with Gasteiger partial charge >= 0.3 is 0 Å². The van der Waals surface area contributed by atoms with E-state index in [0.717, 1.165) is 5.56 Å². The first-order valence-electron chi connectivity index (χ1n) is 7.57. The summed E-state index contributed by atoms with van der Waals surface area (Å²) in [6, 6.07) is 11.6. The predicted octanol–water partition coefficient (Wildman–Crippen LogP) is 3.84. The molecule has 126 valence electrons. The fourth-order valence-corrected chi connectivity index (χ4v) is 1.99. The van der Waals surface area contributed by atoms with Crippen molar-refractivity contribution in [2.24, 2.45) is 5.10 Å². The number of hydrogen-bond donors (Lipinski definition) is 1. The standard InChI is InChI=1S/C17H19N3O4/c1-3-23-16-10-5-13(11-17(16)24-4-2)12-18-19-14-6-8-15(9-7-14)20(21)22/h5-12,19H,3-4H2,1-2H3/b18-12+. The van der Waals surface area contributed by atoms with Gasteiger partial charge in [0.2, 0.25) is 0 Å². The predicted molar refractivity (Wildman–Crippen MR) is 93.1 cm³/mol. The quantitative estimate of drug-likeness (QED) is 0.452. The highest BCUT2D eigenvalue weighted by Gasteiger charge is 2.05. The number of nitro groups is 1. The van der Waals surface area contributed by atoms with Crippen molar-refractivity contribution in [3.05, 3.63) is 58.1 Å². The van der Waals surface area contributed by atoms with Crippen LogP contribution in [0.2, 0.25) is 0 Å². The van der Waals surface area contributed by atoms with Crippen LogP contribution in [-0.2, 0) is 0 Å². The van der Waals surface area contributed by atoms with Gasteiger partial charge in [0.1, 0.15) is 0 Å². The lowest BCUT2D eigenvalue weighted by molar-refractivity contribution is -0.384. The zero-order valence-corrected chi connectivity index (χ0v) is 13.6. The molecular formula is C17H19N3O4. The van der Waals surface area contributed by atoms with Crippen LogP contribution in [0.4, 0.5) is 11.4 Å². The van der Waals surface area contributed by atoms with Gasteiger partial charge < -0.3 is 9.47 Å². The third-order valence-electron chi connectivity index (χ3n) is 3.05. The highest BCUT2D eigenvalue weighted by atomic mass is 16.6. The molecule has 0 aliphatic rings. The van der Waals surface area contributed by atoms with E-state index in [0.29, 0.717) is 30.4 Å².